The summed E-state index contributed by atoms with van der Waals surface area (Å²) in [6, 6.07) is 18.0. The van der Waals surface area contributed by atoms with E-state index in [0.29, 0.717) is 17.2 Å². The van der Waals surface area contributed by atoms with Gasteiger partial charge in [-0.05, 0) is 78.5 Å². The van der Waals surface area contributed by atoms with Crippen molar-refractivity contribution in [1.82, 2.24) is 5.32 Å². The van der Waals surface area contributed by atoms with Crippen LogP contribution in [-0.4, -0.2) is 16.9 Å². The van der Waals surface area contributed by atoms with Crippen molar-refractivity contribution in [2.75, 3.05) is 4.90 Å². The van der Waals surface area contributed by atoms with Gasteiger partial charge >= 0.3 is 6.18 Å². The van der Waals surface area contributed by atoms with E-state index in [1.165, 1.54) is 0 Å². The largest absolute Gasteiger partial charge is 0.457 e. The maximum atomic E-state index is 13.1. The van der Waals surface area contributed by atoms with Crippen LogP contribution in [0.2, 0.25) is 5.02 Å². The fourth-order valence-electron chi connectivity index (χ4n) is 3.17. The van der Waals surface area contributed by atoms with Crippen LogP contribution in [0.4, 0.5) is 18.9 Å². The van der Waals surface area contributed by atoms with Crippen LogP contribution in [0, 0.1) is 0 Å². The van der Waals surface area contributed by atoms with Gasteiger partial charge in [0.1, 0.15) is 17.1 Å². The lowest BCUT2D eigenvalue weighted by atomic mass is 10.0. The highest BCUT2D eigenvalue weighted by molar-refractivity contribution is 7.80. The van der Waals surface area contributed by atoms with Gasteiger partial charge in [-0.1, -0.05) is 29.8 Å². The first-order valence-corrected chi connectivity index (χ1v) is 10.5. The molecule has 2 amide bonds. The summed E-state index contributed by atoms with van der Waals surface area (Å²) in [4.78, 5) is 26.6. The van der Waals surface area contributed by atoms with Crippen LogP contribution in [0.25, 0.3) is 6.08 Å². The van der Waals surface area contributed by atoms with Crippen LogP contribution < -0.4 is 15.0 Å². The van der Waals surface area contributed by atoms with Gasteiger partial charge in [0.25, 0.3) is 11.8 Å². The number of para-hydroxylation sites is 1. The fraction of sp³-hybridized carbons (Fsp3) is 0.0417. The minimum Gasteiger partial charge on any atom is -0.457 e. The number of thiocarbonyl (C=S) groups is 1. The molecular formula is C24H14ClF3N2O3S. The van der Waals surface area contributed by atoms with Crippen LogP contribution in [0.1, 0.15) is 11.1 Å². The zero-order valence-corrected chi connectivity index (χ0v) is 18.7. The Labute approximate surface area is 202 Å². The third kappa shape index (κ3) is 4.95. The van der Waals surface area contributed by atoms with E-state index in [1.807, 2.05) is 18.2 Å². The van der Waals surface area contributed by atoms with Crippen molar-refractivity contribution in [3.63, 3.8) is 0 Å². The number of carbonyl (C=O) groups is 2. The Morgan fingerprint density at radius 1 is 0.941 bits per heavy atom. The first kappa shape index (κ1) is 23.5. The molecule has 1 aliphatic heterocycles. The number of nitrogens with one attached hydrogen (secondary N) is 1. The lowest BCUT2D eigenvalue weighted by Gasteiger charge is -2.29. The summed E-state index contributed by atoms with van der Waals surface area (Å²) in [6.45, 7) is 0. The van der Waals surface area contributed by atoms with Crippen molar-refractivity contribution >= 4 is 52.5 Å². The molecule has 0 aliphatic carbocycles. The average molecular weight is 503 g/mol. The number of hydrogen-bond donors (Lipinski definition) is 1. The molecule has 1 heterocycles. The van der Waals surface area contributed by atoms with Gasteiger partial charge in [-0.25, -0.2) is 0 Å². The number of rotatable bonds is 4. The summed E-state index contributed by atoms with van der Waals surface area (Å²) in [5.74, 6) is -0.529. The molecule has 0 radical (unpaired) electrons. The molecule has 0 bridgehead atoms. The Bertz CT molecular complexity index is 1310. The van der Waals surface area contributed by atoms with Gasteiger partial charge in [0, 0.05) is 5.02 Å². The van der Waals surface area contributed by atoms with Crippen molar-refractivity contribution in [2.45, 2.75) is 6.18 Å². The van der Waals surface area contributed by atoms with Crippen molar-refractivity contribution < 1.29 is 27.5 Å². The van der Waals surface area contributed by atoms with Crippen LogP contribution >= 0.6 is 23.8 Å². The van der Waals surface area contributed by atoms with E-state index in [1.54, 1.807) is 36.4 Å². The van der Waals surface area contributed by atoms with Gasteiger partial charge in [-0.2, -0.15) is 13.2 Å². The fourth-order valence-corrected chi connectivity index (χ4v) is 3.62. The van der Waals surface area contributed by atoms with Crippen molar-refractivity contribution in [3.8, 4) is 11.5 Å². The second-order valence-corrected chi connectivity index (χ2v) is 7.89. The van der Waals surface area contributed by atoms with Crippen molar-refractivity contribution in [1.29, 1.82) is 0 Å². The zero-order chi connectivity index (χ0) is 24.5. The van der Waals surface area contributed by atoms with Crippen LogP contribution in [0.5, 0.6) is 11.5 Å². The monoisotopic (exact) mass is 502 g/mol. The number of benzene rings is 3. The van der Waals surface area contributed by atoms with E-state index >= 15 is 0 Å². The number of hydrogen-bond acceptors (Lipinski definition) is 4. The standard InChI is InChI=1S/C24H14ClF3N2O3S/c25-20-11-6-15(24(26,27)28)12-14(20)13-19-21(31)29-23(34)30(22(19)32)16-7-9-18(10-8-16)33-17-4-2-1-3-5-17/h1-13H,(H,29,31,34). The van der Waals surface area contributed by atoms with Crippen LogP contribution in [0.15, 0.2) is 78.4 Å². The maximum Gasteiger partial charge on any atom is 0.416 e. The Morgan fingerprint density at radius 3 is 2.24 bits per heavy atom. The topological polar surface area (TPSA) is 58.6 Å². The molecule has 0 spiro atoms. The number of nitrogens with zero attached hydrogens (tertiary/aromatic N) is 1. The number of amides is 2. The lowest BCUT2D eigenvalue weighted by Crippen LogP contribution is -2.54. The van der Waals surface area contributed by atoms with E-state index in [4.69, 9.17) is 28.6 Å². The van der Waals surface area contributed by atoms with Crippen LogP contribution in [-0.2, 0) is 15.8 Å². The number of halogens is 4. The quantitative estimate of drug-likeness (QED) is 0.271. The first-order valence-electron chi connectivity index (χ1n) is 9.74. The van der Waals surface area contributed by atoms with Gasteiger partial charge in [0.15, 0.2) is 5.11 Å². The minimum absolute atomic E-state index is 0.0526. The summed E-state index contributed by atoms with van der Waals surface area (Å²) in [6.07, 6.45) is -3.61. The summed E-state index contributed by atoms with van der Waals surface area (Å²) < 4.78 is 45.0. The van der Waals surface area contributed by atoms with Crippen LogP contribution in [0.3, 0.4) is 0 Å². The number of anilines is 1. The van der Waals surface area contributed by atoms with Crippen molar-refractivity contribution in [2.24, 2.45) is 0 Å². The van der Waals surface area contributed by atoms with Gasteiger partial charge in [0.2, 0.25) is 0 Å². The normalized spacial score (nSPS) is 15.5. The third-order valence-electron chi connectivity index (χ3n) is 4.80. The predicted molar refractivity (Wildman–Crippen MR) is 126 cm³/mol. The van der Waals surface area contributed by atoms with E-state index in [2.05, 4.69) is 5.32 Å². The Kier molecular flexibility index (Phi) is 6.41. The van der Waals surface area contributed by atoms with Gasteiger partial charge < -0.3 is 4.74 Å². The Morgan fingerprint density at radius 2 is 1.59 bits per heavy atom. The summed E-state index contributed by atoms with van der Waals surface area (Å²) >= 11 is 11.2. The van der Waals surface area contributed by atoms with Gasteiger partial charge in [-0.3, -0.25) is 19.8 Å². The van der Waals surface area contributed by atoms with Crippen molar-refractivity contribution in [3.05, 3.63) is 94.5 Å². The summed E-state index contributed by atoms with van der Waals surface area (Å²) in [5.41, 5.74) is -1.18. The second kappa shape index (κ2) is 9.28. The number of alkyl halides is 3. The molecule has 172 valence electrons. The Hall–Kier alpha value is -3.69. The molecule has 1 N–H and O–H groups in total. The molecule has 0 saturated carbocycles. The van der Waals surface area contributed by atoms with Gasteiger partial charge in [-0.15, -0.1) is 0 Å². The second-order valence-electron chi connectivity index (χ2n) is 7.10. The van der Waals surface area contributed by atoms with Gasteiger partial charge in [0.05, 0.1) is 11.3 Å². The molecule has 1 aliphatic rings. The molecule has 10 heteroatoms. The van der Waals surface area contributed by atoms with E-state index in [9.17, 15) is 22.8 Å². The molecule has 0 aromatic heterocycles. The predicted octanol–water partition coefficient (Wildman–Crippen LogP) is 5.98. The number of ether oxygens (including phenoxy) is 1. The smallest absolute Gasteiger partial charge is 0.416 e. The molecular weight excluding hydrogens is 489 g/mol. The average Bonchev–Trinajstić information content (AvgIpc) is 2.78. The van der Waals surface area contributed by atoms with E-state index in [0.717, 1.165) is 29.2 Å². The summed E-state index contributed by atoms with van der Waals surface area (Å²) in [5, 5.41) is 2.16. The lowest BCUT2D eigenvalue weighted by molar-refractivity contribution is -0.137. The first-order chi connectivity index (χ1) is 16.1. The molecule has 3 aromatic carbocycles. The highest BCUT2D eigenvalue weighted by Gasteiger charge is 2.35. The highest BCUT2D eigenvalue weighted by Crippen LogP contribution is 2.33. The molecule has 3 aromatic rings. The SMILES string of the molecule is O=C1NC(=S)N(c2ccc(Oc3ccccc3)cc2)C(=O)C1=Cc1cc(C(F)(F)F)ccc1Cl. The summed E-state index contributed by atoms with van der Waals surface area (Å²) in [7, 11) is 0. The zero-order valence-electron chi connectivity index (χ0n) is 17.1. The molecule has 34 heavy (non-hydrogen) atoms. The molecule has 4 rings (SSSR count). The van der Waals surface area contributed by atoms with E-state index in [-0.39, 0.29) is 15.7 Å². The number of carbonyl (C=O) groups excluding carboxylic acids is 2. The maximum absolute atomic E-state index is 13.1. The highest BCUT2D eigenvalue weighted by atomic mass is 35.5. The molecule has 1 saturated heterocycles. The molecule has 1 fully saturated rings. The minimum atomic E-state index is -4.62. The molecule has 0 unspecified atom stereocenters. The molecule has 5 nitrogen and oxygen atoms in total. The third-order valence-corrected chi connectivity index (χ3v) is 5.43. The molecule has 0 atom stereocenters. The van der Waals surface area contributed by atoms with E-state index < -0.39 is 29.1 Å². The Balaban J connectivity index is 1.64.